The van der Waals surface area contributed by atoms with Gasteiger partial charge in [-0.25, -0.2) is 0 Å². The molecule has 48 valence electrons. The van der Waals surface area contributed by atoms with Crippen LogP contribution in [0.15, 0.2) is 0 Å². The Morgan fingerprint density at radius 1 is 1.71 bits per heavy atom. The van der Waals surface area contributed by atoms with Crippen molar-refractivity contribution in [2.45, 2.75) is 0 Å². The van der Waals surface area contributed by atoms with Gasteiger partial charge in [0, 0.05) is 15.5 Å². The SMILES string of the molecule is CN(C)C(=S)[S-].[2HH].[Cu+]. The maximum Gasteiger partial charge on any atom is 1.00 e. The van der Waals surface area contributed by atoms with Gasteiger partial charge in [-0.15, -0.1) is 0 Å². The fourth-order valence-corrected chi connectivity index (χ4v) is 0. The predicted molar refractivity (Wildman–Crippen MR) is 35.8 cm³/mol. The molecule has 4 heteroatoms. The summed E-state index contributed by atoms with van der Waals surface area (Å²) in [6, 6.07) is 0. The second kappa shape index (κ2) is 4.78. The molecule has 0 saturated heterocycles. The maximum atomic E-state index is 4.56. The first kappa shape index (κ1) is 10.6. The molecule has 0 bridgehead atoms. The minimum atomic E-state index is 0. The molecule has 0 fully saturated rings. The fourth-order valence-electron chi connectivity index (χ4n) is 0. The third-order valence-electron chi connectivity index (χ3n) is 0.365. The van der Waals surface area contributed by atoms with E-state index in [1.54, 1.807) is 4.90 Å². The van der Waals surface area contributed by atoms with E-state index < -0.39 is 0 Å². The number of hydrogen-bond donors (Lipinski definition) is 0. The van der Waals surface area contributed by atoms with E-state index in [-0.39, 0.29) is 18.5 Å². The van der Waals surface area contributed by atoms with Crippen molar-refractivity contribution in [3.63, 3.8) is 0 Å². The second-order valence-electron chi connectivity index (χ2n) is 1.16. The van der Waals surface area contributed by atoms with Crippen molar-refractivity contribution in [1.82, 2.24) is 4.90 Å². The number of rotatable bonds is 0. The molecule has 0 amide bonds. The van der Waals surface area contributed by atoms with Crippen molar-refractivity contribution < 1.29 is 18.5 Å². The van der Waals surface area contributed by atoms with Crippen molar-refractivity contribution in [3.8, 4) is 0 Å². The molecule has 0 spiro atoms. The Labute approximate surface area is 66.8 Å². The molecule has 0 saturated carbocycles. The fraction of sp³-hybridized carbons (Fsp3) is 0.667. The molecular formula is C3H8CuNS2. The zero-order valence-corrected chi connectivity index (χ0v) is 6.64. The summed E-state index contributed by atoms with van der Waals surface area (Å²) >= 11 is 9.12. The minimum absolute atomic E-state index is 0. The number of thiocarbonyl (C=S) groups is 1. The molecule has 0 radical (unpaired) electrons. The summed E-state index contributed by atoms with van der Waals surface area (Å²) in [6.07, 6.45) is 0. The molecule has 0 aliphatic rings. The first-order chi connectivity index (χ1) is 2.64. The van der Waals surface area contributed by atoms with Crippen molar-refractivity contribution in [2.75, 3.05) is 14.1 Å². The van der Waals surface area contributed by atoms with Crippen molar-refractivity contribution >= 4 is 29.2 Å². The van der Waals surface area contributed by atoms with E-state index in [0.717, 1.165) is 0 Å². The van der Waals surface area contributed by atoms with Crippen LogP contribution in [0.5, 0.6) is 0 Å². The Kier molecular flexibility index (Phi) is 7.23. The van der Waals surface area contributed by atoms with E-state index >= 15 is 0 Å². The van der Waals surface area contributed by atoms with Crippen LogP contribution in [-0.2, 0) is 29.7 Å². The van der Waals surface area contributed by atoms with Gasteiger partial charge in [-0.05, 0) is 0 Å². The second-order valence-corrected chi connectivity index (χ2v) is 2.19. The molecule has 0 aromatic carbocycles. The van der Waals surface area contributed by atoms with Crippen LogP contribution in [0.3, 0.4) is 0 Å². The smallest absolute Gasteiger partial charge is 0.411 e. The molecule has 0 aromatic rings. The molecule has 0 atom stereocenters. The maximum absolute atomic E-state index is 4.56. The number of nitrogens with zero attached hydrogens (tertiary/aromatic N) is 1. The van der Waals surface area contributed by atoms with Crippen LogP contribution in [0, 0.1) is 0 Å². The van der Waals surface area contributed by atoms with Crippen molar-refractivity contribution in [3.05, 3.63) is 0 Å². The van der Waals surface area contributed by atoms with Crippen molar-refractivity contribution in [1.29, 1.82) is 0 Å². The summed E-state index contributed by atoms with van der Waals surface area (Å²) in [5, 5.41) is 0. The topological polar surface area (TPSA) is 3.24 Å². The first-order valence-corrected chi connectivity index (χ1v) is 2.34. The van der Waals surface area contributed by atoms with Gasteiger partial charge in [0.05, 0.1) is 0 Å². The van der Waals surface area contributed by atoms with Crippen LogP contribution >= 0.6 is 12.2 Å². The Hall–Kier alpha value is 0.629. The van der Waals surface area contributed by atoms with E-state index in [0.29, 0.717) is 4.32 Å². The van der Waals surface area contributed by atoms with E-state index in [1.807, 2.05) is 14.1 Å². The molecule has 0 rings (SSSR count). The Morgan fingerprint density at radius 2 is 1.86 bits per heavy atom. The summed E-state index contributed by atoms with van der Waals surface area (Å²) < 4.78 is 0.509. The molecule has 0 aliphatic carbocycles. The van der Waals surface area contributed by atoms with E-state index in [1.165, 1.54) is 0 Å². The van der Waals surface area contributed by atoms with Gasteiger partial charge in [0.25, 0.3) is 0 Å². The molecular weight excluding hydrogens is 178 g/mol. The molecule has 0 aliphatic heterocycles. The van der Waals surface area contributed by atoms with E-state index in [2.05, 4.69) is 24.8 Å². The average molecular weight is 187 g/mol. The summed E-state index contributed by atoms with van der Waals surface area (Å²) in [5.74, 6) is 0. The Balaban J connectivity index is -0.000000125. The van der Waals surface area contributed by atoms with Crippen LogP contribution < -0.4 is 0 Å². The standard InChI is InChI=1S/C3H7NS2.Cu.H2/c1-4(2)3(5)6;;/h1-2H3,(H,5,6);;1H/q;+1;/p-1/i;;1+1. The van der Waals surface area contributed by atoms with Crippen LogP contribution in [0.1, 0.15) is 1.43 Å². The minimum Gasteiger partial charge on any atom is -0.411 e. The monoisotopic (exact) mass is 186 g/mol. The van der Waals surface area contributed by atoms with Crippen molar-refractivity contribution in [2.24, 2.45) is 0 Å². The van der Waals surface area contributed by atoms with Crippen LogP contribution in [0.2, 0.25) is 0 Å². The molecule has 0 aromatic heterocycles. The normalized spacial score (nSPS) is 6.57. The van der Waals surface area contributed by atoms with E-state index in [9.17, 15) is 0 Å². The zero-order valence-electron chi connectivity index (χ0n) is 4.07. The Morgan fingerprint density at radius 3 is 1.86 bits per heavy atom. The third kappa shape index (κ3) is 6.63. The van der Waals surface area contributed by atoms with Gasteiger partial charge in [-0.1, -0.05) is 4.32 Å². The van der Waals surface area contributed by atoms with Gasteiger partial charge >= 0.3 is 17.1 Å². The summed E-state index contributed by atoms with van der Waals surface area (Å²) in [5.41, 5.74) is 0. The summed E-state index contributed by atoms with van der Waals surface area (Å²) in [7, 11) is 3.66. The van der Waals surface area contributed by atoms with Gasteiger partial charge in [0.15, 0.2) is 0 Å². The van der Waals surface area contributed by atoms with Gasteiger partial charge in [-0.3, -0.25) is 0 Å². The molecule has 0 unspecified atom stereocenters. The van der Waals surface area contributed by atoms with Gasteiger partial charge in [0.2, 0.25) is 0 Å². The van der Waals surface area contributed by atoms with Gasteiger partial charge < -0.3 is 29.7 Å². The summed E-state index contributed by atoms with van der Waals surface area (Å²) in [4.78, 5) is 1.71. The largest absolute Gasteiger partial charge is 1.00 e. The zero-order chi connectivity index (χ0) is 5.15. The van der Waals surface area contributed by atoms with Crippen LogP contribution in [-0.4, -0.2) is 23.3 Å². The van der Waals surface area contributed by atoms with Gasteiger partial charge in [-0.2, -0.15) is 0 Å². The van der Waals surface area contributed by atoms with Gasteiger partial charge in [0.1, 0.15) is 0 Å². The third-order valence-corrected chi connectivity index (χ3v) is 1.10. The molecule has 0 N–H and O–H groups in total. The summed E-state index contributed by atoms with van der Waals surface area (Å²) in [6.45, 7) is 0. The predicted octanol–water partition coefficient (Wildman–Crippen LogP) is 0.623. The average Bonchev–Trinajstić information content (AvgIpc) is 1.36. The molecule has 0 heterocycles. The molecule has 1 nitrogen and oxygen atoms in total. The van der Waals surface area contributed by atoms with E-state index in [4.69, 9.17) is 0 Å². The number of hydrogen-bond acceptors (Lipinski definition) is 2. The first-order valence-electron chi connectivity index (χ1n) is 1.53. The Bertz CT molecular complexity index is 68.3. The quantitative estimate of drug-likeness (QED) is 0.311. The van der Waals surface area contributed by atoms with Crippen LogP contribution in [0.4, 0.5) is 0 Å². The van der Waals surface area contributed by atoms with Crippen LogP contribution in [0.25, 0.3) is 0 Å². The molecule has 7 heavy (non-hydrogen) atoms.